The number of amides is 2. The first-order valence-electron chi connectivity index (χ1n) is 6.24. The third kappa shape index (κ3) is 4.36. The van der Waals surface area contributed by atoms with Gasteiger partial charge in [0, 0.05) is 21.8 Å². The second-order valence-corrected chi connectivity index (χ2v) is 5.29. The van der Waals surface area contributed by atoms with Crippen LogP contribution >= 0.6 is 15.9 Å². The van der Waals surface area contributed by atoms with Crippen LogP contribution in [0.15, 0.2) is 46.9 Å². The molecule has 4 nitrogen and oxygen atoms in total. The number of benzene rings is 2. The highest BCUT2D eigenvalue weighted by Crippen LogP contribution is 2.13. The Morgan fingerprint density at radius 2 is 1.82 bits per heavy atom. The molecular formula is C15H11BrF2N2O2. The number of hydrogen-bond acceptors (Lipinski definition) is 2. The first-order chi connectivity index (χ1) is 10.5. The highest BCUT2D eigenvalue weighted by Gasteiger charge is 2.09. The highest BCUT2D eigenvalue weighted by molar-refractivity contribution is 9.10. The average molecular weight is 369 g/mol. The topological polar surface area (TPSA) is 58.2 Å². The zero-order valence-electron chi connectivity index (χ0n) is 11.2. The van der Waals surface area contributed by atoms with E-state index in [1.807, 2.05) is 0 Å². The number of hydrogen-bond donors (Lipinski definition) is 2. The van der Waals surface area contributed by atoms with Gasteiger partial charge in [0.25, 0.3) is 5.91 Å². The van der Waals surface area contributed by atoms with Gasteiger partial charge < -0.3 is 10.6 Å². The summed E-state index contributed by atoms with van der Waals surface area (Å²) < 4.78 is 26.5. The second-order valence-electron chi connectivity index (χ2n) is 4.37. The number of carbonyl (C=O) groups is 2. The highest BCUT2D eigenvalue weighted by atomic mass is 79.9. The Bertz CT molecular complexity index is 722. The van der Waals surface area contributed by atoms with Gasteiger partial charge in [-0.25, -0.2) is 8.78 Å². The normalized spacial score (nSPS) is 10.1. The van der Waals surface area contributed by atoms with Crippen LogP contribution < -0.4 is 10.6 Å². The molecule has 22 heavy (non-hydrogen) atoms. The van der Waals surface area contributed by atoms with Gasteiger partial charge in [0.2, 0.25) is 5.91 Å². The molecule has 0 aliphatic heterocycles. The predicted octanol–water partition coefficient (Wildman–Crippen LogP) is 3.10. The number of rotatable bonds is 4. The standard InChI is InChI=1S/C15H11BrF2N2O2/c16-10-3-1-2-9(6-10)15(22)19-8-14(21)20-11-4-5-12(17)13(18)7-11/h1-7H,8H2,(H,19,22)(H,20,21). The van der Waals surface area contributed by atoms with E-state index in [0.29, 0.717) is 5.56 Å². The number of carbonyl (C=O) groups excluding carboxylic acids is 2. The van der Waals surface area contributed by atoms with Gasteiger partial charge in [-0.05, 0) is 30.3 Å². The predicted molar refractivity (Wildman–Crippen MR) is 81.5 cm³/mol. The molecular weight excluding hydrogens is 358 g/mol. The van der Waals surface area contributed by atoms with Crippen molar-refractivity contribution in [2.24, 2.45) is 0 Å². The molecule has 2 aromatic rings. The molecule has 0 heterocycles. The number of nitrogens with one attached hydrogen (secondary N) is 2. The van der Waals surface area contributed by atoms with Gasteiger partial charge in [0.1, 0.15) is 0 Å². The largest absolute Gasteiger partial charge is 0.343 e. The van der Waals surface area contributed by atoms with E-state index in [-0.39, 0.29) is 12.2 Å². The first-order valence-corrected chi connectivity index (χ1v) is 7.03. The average Bonchev–Trinajstić information content (AvgIpc) is 2.48. The molecule has 0 fully saturated rings. The van der Waals surface area contributed by atoms with Crippen LogP contribution in [0.5, 0.6) is 0 Å². The molecule has 0 bridgehead atoms. The summed E-state index contributed by atoms with van der Waals surface area (Å²) in [6.07, 6.45) is 0. The Labute approximate surface area is 133 Å². The third-order valence-electron chi connectivity index (χ3n) is 2.70. The lowest BCUT2D eigenvalue weighted by atomic mass is 10.2. The van der Waals surface area contributed by atoms with Crippen molar-refractivity contribution in [2.45, 2.75) is 0 Å². The fourth-order valence-corrected chi connectivity index (χ4v) is 2.07. The van der Waals surface area contributed by atoms with Crippen LogP contribution in [0, 0.1) is 11.6 Å². The summed E-state index contributed by atoms with van der Waals surface area (Å²) in [5, 5.41) is 4.79. The van der Waals surface area contributed by atoms with Crippen LogP contribution in [0.4, 0.5) is 14.5 Å². The Balaban J connectivity index is 1.90. The van der Waals surface area contributed by atoms with E-state index in [1.165, 1.54) is 6.07 Å². The van der Waals surface area contributed by atoms with Crippen LogP contribution in [-0.4, -0.2) is 18.4 Å². The molecule has 0 spiro atoms. The van der Waals surface area contributed by atoms with Crippen molar-refractivity contribution in [1.82, 2.24) is 5.32 Å². The van der Waals surface area contributed by atoms with Crippen molar-refractivity contribution in [1.29, 1.82) is 0 Å². The summed E-state index contributed by atoms with van der Waals surface area (Å²) in [5.41, 5.74) is 0.510. The lowest BCUT2D eigenvalue weighted by Gasteiger charge is -2.07. The molecule has 0 aliphatic carbocycles. The molecule has 7 heteroatoms. The molecule has 0 aliphatic rings. The second kappa shape index (κ2) is 7.13. The van der Waals surface area contributed by atoms with E-state index in [2.05, 4.69) is 26.6 Å². The molecule has 0 radical (unpaired) electrons. The fourth-order valence-electron chi connectivity index (χ4n) is 1.67. The van der Waals surface area contributed by atoms with Gasteiger partial charge >= 0.3 is 0 Å². The monoisotopic (exact) mass is 368 g/mol. The quantitative estimate of drug-likeness (QED) is 0.870. The van der Waals surface area contributed by atoms with Crippen LogP contribution in [0.2, 0.25) is 0 Å². The van der Waals surface area contributed by atoms with Crippen LogP contribution in [0.3, 0.4) is 0 Å². The first kappa shape index (κ1) is 16.1. The minimum atomic E-state index is -1.06. The molecule has 2 amide bonds. The maximum Gasteiger partial charge on any atom is 0.251 e. The van der Waals surface area contributed by atoms with Crippen molar-refractivity contribution in [3.8, 4) is 0 Å². The third-order valence-corrected chi connectivity index (χ3v) is 3.19. The minimum absolute atomic E-state index is 0.112. The Morgan fingerprint density at radius 1 is 1.05 bits per heavy atom. The van der Waals surface area contributed by atoms with E-state index in [0.717, 1.165) is 16.6 Å². The maximum absolute atomic E-state index is 13.0. The Kier molecular flexibility index (Phi) is 5.21. The van der Waals surface area contributed by atoms with E-state index < -0.39 is 23.4 Å². The van der Waals surface area contributed by atoms with Crippen LogP contribution in [0.1, 0.15) is 10.4 Å². The van der Waals surface area contributed by atoms with Crippen molar-refractivity contribution < 1.29 is 18.4 Å². The van der Waals surface area contributed by atoms with Crippen LogP contribution in [-0.2, 0) is 4.79 Å². The molecule has 2 N–H and O–H groups in total. The summed E-state index contributed by atoms with van der Waals surface area (Å²) in [7, 11) is 0. The lowest BCUT2D eigenvalue weighted by molar-refractivity contribution is -0.115. The summed E-state index contributed by atoms with van der Waals surface area (Å²) in [6, 6.07) is 9.68. The Morgan fingerprint density at radius 3 is 2.50 bits per heavy atom. The summed E-state index contributed by atoms with van der Waals surface area (Å²) in [6.45, 7) is -0.287. The molecule has 0 unspecified atom stereocenters. The van der Waals surface area contributed by atoms with Crippen LogP contribution in [0.25, 0.3) is 0 Å². The molecule has 2 aromatic carbocycles. The van der Waals surface area contributed by atoms with E-state index in [9.17, 15) is 18.4 Å². The number of anilines is 1. The fraction of sp³-hybridized carbons (Fsp3) is 0.0667. The minimum Gasteiger partial charge on any atom is -0.343 e. The molecule has 0 saturated heterocycles. The van der Waals surface area contributed by atoms with Gasteiger partial charge in [0.05, 0.1) is 6.54 Å². The van der Waals surface area contributed by atoms with E-state index >= 15 is 0 Å². The Hall–Kier alpha value is -2.28. The lowest BCUT2D eigenvalue weighted by Crippen LogP contribution is -2.32. The summed E-state index contributed by atoms with van der Waals surface area (Å²) in [4.78, 5) is 23.5. The smallest absolute Gasteiger partial charge is 0.251 e. The van der Waals surface area contributed by atoms with Gasteiger partial charge in [-0.3, -0.25) is 9.59 Å². The maximum atomic E-state index is 13.0. The zero-order chi connectivity index (χ0) is 16.1. The zero-order valence-corrected chi connectivity index (χ0v) is 12.8. The molecule has 2 rings (SSSR count). The SMILES string of the molecule is O=C(CNC(=O)c1cccc(Br)c1)Nc1ccc(F)c(F)c1. The molecule has 114 valence electrons. The van der Waals surface area contributed by atoms with Gasteiger partial charge in [-0.2, -0.15) is 0 Å². The van der Waals surface area contributed by atoms with Crippen molar-refractivity contribution >= 4 is 33.4 Å². The van der Waals surface area contributed by atoms with Crippen molar-refractivity contribution in [2.75, 3.05) is 11.9 Å². The summed E-state index contributed by atoms with van der Waals surface area (Å²) >= 11 is 3.24. The van der Waals surface area contributed by atoms with Crippen molar-refractivity contribution in [3.63, 3.8) is 0 Å². The van der Waals surface area contributed by atoms with E-state index in [1.54, 1.807) is 24.3 Å². The van der Waals surface area contributed by atoms with Gasteiger partial charge in [0.15, 0.2) is 11.6 Å². The van der Waals surface area contributed by atoms with E-state index in [4.69, 9.17) is 0 Å². The van der Waals surface area contributed by atoms with Gasteiger partial charge in [-0.1, -0.05) is 22.0 Å². The molecule has 0 aromatic heterocycles. The molecule has 0 atom stereocenters. The summed E-state index contributed by atoms with van der Waals surface area (Å²) in [5.74, 6) is -3.02. The van der Waals surface area contributed by atoms with Gasteiger partial charge in [-0.15, -0.1) is 0 Å². The molecule has 0 saturated carbocycles. The van der Waals surface area contributed by atoms with Crippen molar-refractivity contribution in [3.05, 3.63) is 64.1 Å². The number of halogens is 3.